The molecule has 2 rings (SSSR count). The molecule has 0 bridgehead atoms. The molecule has 0 aliphatic heterocycles. The van der Waals surface area contributed by atoms with Gasteiger partial charge in [-0.05, 0) is 41.3 Å². The van der Waals surface area contributed by atoms with Crippen molar-refractivity contribution in [2.24, 2.45) is 5.92 Å². The van der Waals surface area contributed by atoms with Crippen molar-refractivity contribution in [3.05, 3.63) is 65.2 Å². The minimum Gasteiger partial charge on any atom is -0.478 e. The van der Waals surface area contributed by atoms with Crippen LogP contribution in [0.2, 0.25) is 0 Å². The molecule has 0 aliphatic rings. The average molecular weight is 340 g/mol. The molecule has 0 saturated heterocycles. The van der Waals surface area contributed by atoms with E-state index < -0.39 is 5.97 Å². The summed E-state index contributed by atoms with van der Waals surface area (Å²) in [4.78, 5) is 22.8. The minimum absolute atomic E-state index is 0.0191. The van der Waals surface area contributed by atoms with Gasteiger partial charge in [-0.15, -0.1) is 0 Å². The number of hydrogen-bond donors (Lipinski definition) is 3. The van der Waals surface area contributed by atoms with Crippen LogP contribution in [-0.4, -0.2) is 17.0 Å². The third-order valence-corrected chi connectivity index (χ3v) is 3.64. The summed E-state index contributed by atoms with van der Waals surface area (Å²) in [6.07, 6.45) is 0.502. The van der Waals surface area contributed by atoms with E-state index in [-0.39, 0.29) is 11.5 Å². The molecule has 0 aliphatic carbocycles. The lowest BCUT2D eigenvalue weighted by molar-refractivity contribution is -0.116. The van der Waals surface area contributed by atoms with Crippen molar-refractivity contribution in [3.8, 4) is 0 Å². The van der Waals surface area contributed by atoms with Gasteiger partial charge in [0.2, 0.25) is 5.91 Å². The quantitative estimate of drug-likeness (QED) is 0.685. The zero-order valence-corrected chi connectivity index (χ0v) is 14.6. The molecule has 5 nitrogen and oxygen atoms in total. The van der Waals surface area contributed by atoms with Crippen LogP contribution in [0.1, 0.15) is 41.8 Å². The monoisotopic (exact) mass is 340 g/mol. The van der Waals surface area contributed by atoms with Gasteiger partial charge in [-0.3, -0.25) is 4.79 Å². The second kappa shape index (κ2) is 8.99. The average Bonchev–Trinajstić information content (AvgIpc) is 2.54. The summed E-state index contributed by atoms with van der Waals surface area (Å²) in [6.45, 7) is 5.23. The van der Waals surface area contributed by atoms with Gasteiger partial charge in [0, 0.05) is 25.2 Å². The number of nitrogens with one attached hydrogen (secondary N) is 2. The van der Waals surface area contributed by atoms with E-state index in [1.54, 1.807) is 18.2 Å². The number of aromatic carboxylic acids is 1. The van der Waals surface area contributed by atoms with Gasteiger partial charge in [0.25, 0.3) is 0 Å². The summed E-state index contributed by atoms with van der Waals surface area (Å²) in [7, 11) is 0. The molecule has 0 unspecified atom stereocenters. The SMILES string of the molecule is CC(C)CC(=O)Nc1cccc(CNCc2cccc(C(=O)O)c2)c1. The van der Waals surface area contributed by atoms with Crippen LogP contribution in [0.5, 0.6) is 0 Å². The highest BCUT2D eigenvalue weighted by Gasteiger charge is 2.06. The molecular weight excluding hydrogens is 316 g/mol. The number of carbonyl (C=O) groups excluding carboxylic acids is 1. The number of rotatable bonds is 8. The Labute approximate surface area is 148 Å². The second-order valence-corrected chi connectivity index (χ2v) is 6.46. The van der Waals surface area contributed by atoms with Crippen molar-refractivity contribution < 1.29 is 14.7 Å². The molecule has 25 heavy (non-hydrogen) atoms. The summed E-state index contributed by atoms with van der Waals surface area (Å²) in [5.74, 6) is -0.580. The predicted octanol–water partition coefficient (Wildman–Crippen LogP) is 3.66. The zero-order valence-electron chi connectivity index (χ0n) is 14.6. The number of carboxylic acid groups (broad SMARTS) is 1. The van der Waals surface area contributed by atoms with Crippen molar-refractivity contribution in [2.45, 2.75) is 33.4 Å². The van der Waals surface area contributed by atoms with Crippen LogP contribution in [0.25, 0.3) is 0 Å². The molecule has 0 heterocycles. The normalized spacial score (nSPS) is 10.7. The second-order valence-electron chi connectivity index (χ2n) is 6.46. The fourth-order valence-electron chi connectivity index (χ4n) is 2.51. The van der Waals surface area contributed by atoms with Gasteiger partial charge in [0.05, 0.1) is 5.56 Å². The topological polar surface area (TPSA) is 78.4 Å². The lowest BCUT2D eigenvalue weighted by atomic mass is 10.1. The van der Waals surface area contributed by atoms with E-state index >= 15 is 0 Å². The van der Waals surface area contributed by atoms with Crippen LogP contribution in [0.3, 0.4) is 0 Å². The number of hydrogen-bond acceptors (Lipinski definition) is 3. The Morgan fingerprint density at radius 2 is 1.64 bits per heavy atom. The van der Waals surface area contributed by atoms with Gasteiger partial charge in [0.1, 0.15) is 0 Å². The van der Waals surface area contributed by atoms with Crippen LogP contribution in [0, 0.1) is 5.92 Å². The first-order valence-corrected chi connectivity index (χ1v) is 8.36. The number of anilines is 1. The first-order valence-electron chi connectivity index (χ1n) is 8.36. The maximum Gasteiger partial charge on any atom is 0.335 e. The fourth-order valence-corrected chi connectivity index (χ4v) is 2.51. The molecule has 1 amide bonds. The highest BCUT2D eigenvalue weighted by Crippen LogP contribution is 2.12. The molecule has 132 valence electrons. The fraction of sp³-hybridized carbons (Fsp3) is 0.300. The van der Waals surface area contributed by atoms with Crippen LogP contribution < -0.4 is 10.6 Å². The summed E-state index contributed by atoms with van der Waals surface area (Å²) in [5.41, 5.74) is 3.05. The van der Waals surface area contributed by atoms with Crippen LogP contribution in [0.4, 0.5) is 5.69 Å². The molecule has 3 N–H and O–H groups in total. The maximum absolute atomic E-state index is 11.8. The van der Waals surface area contributed by atoms with E-state index in [2.05, 4.69) is 10.6 Å². The van der Waals surface area contributed by atoms with Gasteiger partial charge in [-0.25, -0.2) is 4.79 Å². The third kappa shape index (κ3) is 6.39. The number of amides is 1. The van der Waals surface area contributed by atoms with E-state index in [1.165, 1.54) is 0 Å². The third-order valence-electron chi connectivity index (χ3n) is 3.64. The van der Waals surface area contributed by atoms with Crippen LogP contribution >= 0.6 is 0 Å². The van der Waals surface area contributed by atoms with Gasteiger partial charge in [-0.1, -0.05) is 38.1 Å². The van der Waals surface area contributed by atoms with Gasteiger partial charge >= 0.3 is 5.97 Å². The standard InChI is InChI=1S/C20H24N2O3/c1-14(2)9-19(23)22-18-8-4-6-16(11-18)13-21-12-15-5-3-7-17(10-15)20(24)25/h3-8,10-11,14,21H,9,12-13H2,1-2H3,(H,22,23)(H,24,25). The van der Waals surface area contributed by atoms with Crippen molar-refractivity contribution in [1.29, 1.82) is 0 Å². The first-order chi connectivity index (χ1) is 11.9. The highest BCUT2D eigenvalue weighted by atomic mass is 16.4. The summed E-state index contributed by atoms with van der Waals surface area (Å²) >= 11 is 0. The van der Waals surface area contributed by atoms with Gasteiger partial charge < -0.3 is 15.7 Å². The Morgan fingerprint density at radius 1 is 1.00 bits per heavy atom. The molecule has 0 aromatic heterocycles. The minimum atomic E-state index is -0.924. The van der Waals surface area contributed by atoms with E-state index in [4.69, 9.17) is 5.11 Å². The molecule has 5 heteroatoms. The van der Waals surface area contributed by atoms with E-state index in [1.807, 2.05) is 44.2 Å². The Hall–Kier alpha value is -2.66. The largest absolute Gasteiger partial charge is 0.478 e. The Balaban J connectivity index is 1.89. The molecule has 0 fully saturated rings. The highest BCUT2D eigenvalue weighted by molar-refractivity contribution is 5.90. The van der Waals surface area contributed by atoms with E-state index in [0.717, 1.165) is 16.8 Å². The Morgan fingerprint density at radius 3 is 2.28 bits per heavy atom. The predicted molar refractivity (Wildman–Crippen MR) is 98.5 cm³/mol. The van der Waals surface area contributed by atoms with E-state index in [0.29, 0.717) is 25.4 Å². The number of carbonyl (C=O) groups is 2. The molecule has 0 radical (unpaired) electrons. The van der Waals surface area contributed by atoms with Crippen molar-refractivity contribution >= 4 is 17.6 Å². The molecule has 0 atom stereocenters. The van der Waals surface area contributed by atoms with Crippen molar-refractivity contribution in [2.75, 3.05) is 5.32 Å². The molecule has 2 aromatic carbocycles. The molecule has 2 aromatic rings. The summed E-state index contributed by atoms with van der Waals surface area (Å²) in [5, 5.41) is 15.2. The molecular formula is C20H24N2O3. The van der Waals surface area contributed by atoms with Crippen molar-refractivity contribution in [1.82, 2.24) is 5.32 Å². The molecule has 0 spiro atoms. The first kappa shape index (κ1) is 18.7. The zero-order chi connectivity index (χ0) is 18.2. The Kier molecular flexibility index (Phi) is 6.71. The Bertz CT molecular complexity index is 741. The van der Waals surface area contributed by atoms with Crippen LogP contribution in [0.15, 0.2) is 48.5 Å². The summed E-state index contributed by atoms with van der Waals surface area (Å²) in [6, 6.07) is 14.6. The van der Waals surface area contributed by atoms with Gasteiger partial charge in [0.15, 0.2) is 0 Å². The smallest absolute Gasteiger partial charge is 0.335 e. The number of carboxylic acids is 1. The van der Waals surface area contributed by atoms with E-state index in [9.17, 15) is 9.59 Å². The maximum atomic E-state index is 11.8. The molecule has 0 saturated carbocycles. The van der Waals surface area contributed by atoms with Crippen molar-refractivity contribution in [3.63, 3.8) is 0 Å². The van der Waals surface area contributed by atoms with Crippen LogP contribution in [-0.2, 0) is 17.9 Å². The number of benzene rings is 2. The lowest BCUT2D eigenvalue weighted by Gasteiger charge is -2.10. The van der Waals surface area contributed by atoms with Gasteiger partial charge in [-0.2, -0.15) is 0 Å². The summed E-state index contributed by atoms with van der Waals surface area (Å²) < 4.78 is 0. The lowest BCUT2D eigenvalue weighted by Crippen LogP contribution is -2.15.